The molecule has 4 nitrogen and oxygen atoms in total. The Morgan fingerprint density at radius 3 is 2.24 bits per heavy atom. The summed E-state index contributed by atoms with van der Waals surface area (Å²) in [5.74, 6) is -0.657. The van der Waals surface area contributed by atoms with Gasteiger partial charge in [0.2, 0.25) is 0 Å². The summed E-state index contributed by atoms with van der Waals surface area (Å²) in [6.07, 6.45) is 0. The predicted molar refractivity (Wildman–Crippen MR) is 67.3 cm³/mol. The zero-order valence-electron chi connectivity index (χ0n) is 8.95. The minimum absolute atomic E-state index is 0.187. The van der Waals surface area contributed by atoms with Gasteiger partial charge < -0.3 is 10.6 Å². The SMILES string of the molecule is O=C(NCCNC(=O)C(Cl)Cl)c1ccccc1. The minimum Gasteiger partial charge on any atom is -0.352 e. The van der Waals surface area contributed by atoms with E-state index >= 15 is 0 Å². The maximum Gasteiger partial charge on any atom is 0.253 e. The molecule has 17 heavy (non-hydrogen) atoms. The van der Waals surface area contributed by atoms with Gasteiger partial charge in [0.15, 0.2) is 4.84 Å². The summed E-state index contributed by atoms with van der Waals surface area (Å²) in [5.41, 5.74) is 0.575. The largest absolute Gasteiger partial charge is 0.352 e. The van der Waals surface area contributed by atoms with Crippen molar-refractivity contribution in [2.75, 3.05) is 13.1 Å². The summed E-state index contributed by atoms with van der Waals surface area (Å²) >= 11 is 10.7. The molecule has 0 bridgehead atoms. The molecule has 0 fully saturated rings. The van der Waals surface area contributed by atoms with Gasteiger partial charge in [-0.3, -0.25) is 9.59 Å². The highest BCUT2D eigenvalue weighted by molar-refractivity contribution is 6.53. The zero-order valence-corrected chi connectivity index (χ0v) is 10.5. The summed E-state index contributed by atoms with van der Waals surface area (Å²) in [7, 11) is 0. The number of carbonyl (C=O) groups excluding carboxylic acids is 2. The number of benzene rings is 1. The van der Waals surface area contributed by atoms with Crippen LogP contribution in [0.2, 0.25) is 0 Å². The van der Waals surface area contributed by atoms with Crippen molar-refractivity contribution in [2.24, 2.45) is 0 Å². The Balaban J connectivity index is 2.24. The molecule has 0 aliphatic heterocycles. The molecule has 0 heterocycles. The Morgan fingerprint density at radius 2 is 1.65 bits per heavy atom. The standard InChI is InChI=1S/C11H12Cl2N2O2/c12-9(13)11(17)15-7-6-14-10(16)8-4-2-1-3-5-8/h1-5,9H,6-7H2,(H,14,16)(H,15,17). The molecule has 6 heteroatoms. The molecule has 0 aliphatic carbocycles. The number of carbonyl (C=O) groups is 2. The van der Waals surface area contributed by atoms with Crippen molar-refractivity contribution in [3.05, 3.63) is 35.9 Å². The van der Waals surface area contributed by atoms with Gasteiger partial charge >= 0.3 is 0 Å². The first-order valence-corrected chi connectivity index (χ1v) is 5.87. The number of nitrogens with one attached hydrogen (secondary N) is 2. The average molecular weight is 275 g/mol. The van der Waals surface area contributed by atoms with E-state index in [-0.39, 0.29) is 12.5 Å². The number of hydrogen-bond donors (Lipinski definition) is 2. The predicted octanol–water partition coefficient (Wildman–Crippen LogP) is 1.34. The first kappa shape index (κ1) is 13.8. The third-order valence-electron chi connectivity index (χ3n) is 1.94. The third kappa shape index (κ3) is 5.06. The van der Waals surface area contributed by atoms with E-state index in [9.17, 15) is 9.59 Å². The molecule has 0 aromatic heterocycles. The fourth-order valence-electron chi connectivity index (χ4n) is 1.13. The van der Waals surface area contributed by atoms with Crippen LogP contribution in [0.15, 0.2) is 30.3 Å². The first-order valence-electron chi connectivity index (χ1n) is 5.00. The quantitative estimate of drug-likeness (QED) is 0.629. The molecule has 2 amide bonds. The Hall–Kier alpha value is -1.26. The van der Waals surface area contributed by atoms with E-state index in [1.807, 2.05) is 6.07 Å². The van der Waals surface area contributed by atoms with Crippen LogP contribution in [0.25, 0.3) is 0 Å². The third-order valence-corrected chi connectivity index (χ3v) is 2.34. The lowest BCUT2D eigenvalue weighted by molar-refractivity contribution is -0.119. The van der Waals surface area contributed by atoms with E-state index in [1.54, 1.807) is 24.3 Å². The van der Waals surface area contributed by atoms with Gasteiger partial charge in [-0.1, -0.05) is 41.4 Å². The summed E-state index contributed by atoms with van der Waals surface area (Å²) in [4.78, 5) is 21.4. The molecule has 0 atom stereocenters. The summed E-state index contributed by atoms with van der Waals surface area (Å²) < 4.78 is 0. The topological polar surface area (TPSA) is 58.2 Å². The van der Waals surface area contributed by atoms with Crippen LogP contribution in [0, 0.1) is 0 Å². The van der Waals surface area contributed by atoms with Gasteiger partial charge in [-0.15, -0.1) is 0 Å². The minimum atomic E-state index is -1.08. The Morgan fingerprint density at radius 1 is 1.06 bits per heavy atom. The molecule has 0 saturated heterocycles. The van der Waals surface area contributed by atoms with Crippen molar-refractivity contribution in [1.29, 1.82) is 0 Å². The van der Waals surface area contributed by atoms with Crippen LogP contribution in [0.4, 0.5) is 0 Å². The van der Waals surface area contributed by atoms with Gasteiger partial charge in [0.25, 0.3) is 11.8 Å². The molecule has 0 unspecified atom stereocenters. The smallest absolute Gasteiger partial charge is 0.253 e. The normalized spacial score (nSPS) is 10.1. The number of halogens is 2. The fourth-order valence-corrected chi connectivity index (χ4v) is 1.28. The molecule has 92 valence electrons. The van der Waals surface area contributed by atoms with Crippen molar-refractivity contribution in [1.82, 2.24) is 10.6 Å². The molecule has 0 radical (unpaired) electrons. The lowest BCUT2D eigenvalue weighted by Crippen LogP contribution is -2.36. The van der Waals surface area contributed by atoms with Crippen LogP contribution in [0.5, 0.6) is 0 Å². The van der Waals surface area contributed by atoms with Crippen molar-refractivity contribution in [3.63, 3.8) is 0 Å². The van der Waals surface area contributed by atoms with Crippen LogP contribution in [0.1, 0.15) is 10.4 Å². The van der Waals surface area contributed by atoms with E-state index in [0.717, 1.165) is 0 Å². The highest BCUT2D eigenvalue weighted by Gasteiger charge is 2.10. The van der Waals surface area contributed by atoms with Crippen molar-refractivity contribution in [2.45, 2.75) is 4.84 Å². The summed E-state index contributed by atoms with van der Waals surface area (Å²) in [6.45, 7) is 0.604. The second-order valence-electron chi connectivity index (χ2n) is 3.21. The Labute approximate surface area is 109 Å². The second kappa shape index (κ2) is 7.14. The van der Waals surface area contributed by atoms with Crippen LogP contribution >= 0.6 is 23.2 Å². The molecule has 0 saturated carbocycles. The molecular formula is C11H12Cl2N2O2. The molecular weight excluding hydrogens is 263 g/mol. The van der Waals surface area contributed by atoms with Crippen LogP contribution in [0.3, 0.4) is 0 Å². The maximum atomic E-state index is 11.5. The maximum absolute atomic E-state index is 11.5. The summed E-state index contributed by atoms with van der Waals surface area (Å²) in [6, 6.07) is 8.81. The Bertz CT molecular complexity index is 382. The molecule has 2 N–H and O–H groups in total. The highest BCUT2D eigenvalue weighted by atomic mass is 35.5. The van der Waals surface area contributed by atoms with E-state index in [1.165, 1.54) is 0 Å². The molecule has 1 aromatic carbocycles. The van der Waals surface area contributed by atoms with Gasteiger partial charge in [0, 0.05) is 18.7 Å². The second-order valence-corrected chi connectivity index (χ2v) is 4.31. The zero-order chi connectivity index (χ0) is 12.7. The molecule has 1 aromatic rings. The van der Waals surface area contributed by atoms with Gasteiger partial charge in [-0.25, -0.2) is 0 Å². The summed E-state index contributed by atoms with van der Waals surface area (Å²) in [5, 5.41) is 5.12. The average Bonchev–Trinajstić information content (AvgIpc) is 2.35. The van der Waals surface area contributed by atoms with Crippen molar-refractivity contribution in [3.8, 4) is 0 Å². The van der Waals surface area contributed by atoms with Crippen LogP contribution in [-0.4, -0.2) is 29.7 Å². The Kier molecular flexibility index (Phi) is 5.80. The van der Waals surface area contributed by atoms with Crippen LogP contribution in [-0.2, 0) is 4.79 Å². The van der Waals surface area contributed by atoms with Gasteiger partial charge in [-0.2, -0.15) is 0 Å². The number of hydrogen-bond acceptors (Lipinski definition) is 2. The van der Waals surface area contributed by atoms with E-state index < -0.39 is 10.7 Å². The van der Waals surface area contributed by atoms with Gasteiger partial charge in [0.1, 0.15) is 0 Å². The van der Waals surface area contributed by atoms with Gasteiger partial charge in [0.05, 0.1) is 0 Å². The van der Waals surface area contributed by atoms with E-state index in [0.29, 0.717) is 12.1 Å². The first-order chi connectivity index (χ1) is 8.11. The highest BCUT2D eigenvalue weighted by Crippen LogP contribution is 2.00. The number of amides is 2. The van der Waals surface area contributed by atoms with Crippen molar-refractivity contribution < 1.29 is 9.59 Å². The number of alkyl halides is 2. The van der Waals surface area contributed by atoms with E-state index in [2.05, 4.69) is 10.6 Å². The lowest BCUT2D eigenvalue weighted by atomic mass is 10.2. The van der Waals surface area contributed by atoms with E-state index in [4.69, 9.17) is 23.2 Å². The van der Waals surface area contributed by atoms with Gasteiger partial charge in [-0.05, 0) is 12.1 Å². The van der Waals surface area contributed by atoms with Crippen LogP contribution < -0.4 is 10.6 Å². The molecule has 1 rings (SSSR count). The number of rotatable bonds is 5. The van der Waals surface area contributed by atoms with Crippen molar-refractivity contribution >= 4 is 35.0 Å². The molecule has 0 aliphatic rings. The fraction of sp³-hybridized carbons (Fsp3) is 0.273. The lowest BCUT2D eigenvalue weighted by Gasteiger charge is -2.07. The molecule has 0 spiro atoms. The monoisotopic (exact) mass is 274 g/mol.